The quantitative estimate of drug-likeness (QED) is 0.627. The fourth-order valence-electron chi connectivity index (χ4n) is 2.55. The number of nitrogens with zero attached hydrogens (tertiary/aromatic N) is 1. The molecule has 3 rings (SSSR count). The van der Waals surface area contributed by atoms with E-state index in [4.69, 9.17) is 0 Å². The van der Waals surface area contributed by atoms with Crippen LogP contribution < -0.4 is 10.6 Å². The van der Waals surface area contributed by atoms with E-state index in [2.05, 4.69) is 18.0 Å². The van der Waals surface area contributed by atoms with Gasteiger partial charge in [-0.25, -0.2) is 0 Å². The zero-order valence-electron chi connectivity index (χ0n) is 9.93. The molecule has 0 N–H and O–H groups in total. The first-order valence-corrected chi connectivity index (χ1v) is 6.02. The Kier molecular flexibility index (Phi) is 2.90. The van der Waals surface area contributed by atoms with Crippen molar-refractivity contribution >= 4 is 11.1 Å². The number of aryl methyl sites for hydroxylation is 1. The van der Waals surface area contributed by atoms with Gasteiger partial charge in [0.25, 0.3) is 0 Å². The van der Waals surface area contributed by atoms with Crippen LogP contribution in [0.15, 0.2) is 12.3 Å². The minimum absolute atomic E-state index is 1.22. The maximum absolute atomic E-state index is 4.49. The molecule has 0 fully saturated rings. The highest BCUT2D eigenvalue weighted by atomic mass is 14.6. The van der Waals surface area contributed by atoms with Gasteiger partial charge in [0, 0.05) is 11.4 Å². The third-order valence-corrected chi connectivity index (χ3v) is 3.29. The van der Waals surface area contributed by atoms with Crippen LogP contribution in [0, 0.1) is 0 Å². The summed E-state index contributed by atoms with van der Waals surface area (Å²) in [5.41, 5.74) is 4.66. The zero-order chi connectivity index (χ0) is 10.8. The Hall–Kier alpha value is -1.11. The SMILES string of the molecule is CC.CC1=c2nccc3c2=C(CC1)CC3. The molecule has 0 amide bonds. The zero-order valence-corrected chi connectivity index (χ0v) is 9.93. The van der Waals surface area contributed by atoms with Gasteiger partial charge in [-0.15, -0.1) is 0 Å². The van der Waals surface area contributed by atoms with Crippen molar-refractivity contribution in [3.8, 4) is 0 Å². The molecule has 1 aromatic rings. The van der Waals surface area contributed by atoms with Crippen molar-refractivity contribution in [1.29, 1.82) is 0 Å². The number of hydrogen-bond acceptors (Lipinski definition) is 1. The van der Waals surface area contributed by atoms with Crippen LogP contribution in [-0.2, 0) is 6.42 Å². The average molecular weight is 201 g/mol. The van der Waals surface area contributed by atoms with E-state index < -0.39 is 0 Å². The largest absolute Gasteiger partial charge is 0.256 e. The Morgan fingerprint density at radius 3 is 2.60 bits per heavy atom. The summed E-state index contributed by atoms with van der Waals surface area (Å²) in [4.78, 5) is 4.49. The van der Waals surface area contributed by atoms with Crippen LogP contribution in [0.2, 0.25) is 0 Å². The van der Waals surface area contributed by atoms with Gasteiger partial charge in [0.1, 0.15) is 0 Å². The first-order chi connectivity index (χ1) is 7.36. The van der Waals surface area contributed by atoms with Crippen molar-refractivity contribution in [2.75, 3.05) is 0 Å². The molecule has 0 saturated heterocycles. The second-order valence-corrected chi connectivity index (χ2v) is 4.08. The predicted octanol–water partition coefficient (Wildman–Crippen LogP) is 2.17. The van der Waals surface area contributed by atoms with Crippen molar-refractivity contribution in [3.63, 3.8) is 0 Å². The Morgan fingerprint density at radius 1 is 1.07 bits per heavy atom. The summed E-state index contributed by atoms with van der Waals surface area (Å²) in [6.07, 6.45) is 6.98. The van der Waals surface area contributed by atoms with Crippen molar-refractivity contribution in [2.24, 2.45) is 0 Å². The van der Waals surface area contributed by atoms with E-state index in [0.717, 1.165) is 0 Å². The second kappa shape index (κ2) is 4.18. The number of aromatic nitrogens is 1. The lowest BCUT2D eigenvalue weighted by molar-refractivity contribution is 0.967. The fourth-order valence-corrected chi connectivity index (χ4v) is 2.55. The molecule has 0 bridgehead atoms. The Morgan fingerprint density at radius 2 is 1.80 bits per heavy atom. The van der Waals surface area contributed by atoms with Gasteiger partial charge in [0.2, 0.25) is 0 Å². The van der Waals surface area contributed by atoms with E-state index in [-0.39, 0.29) is 0 Å². The van der Waals surface area contributed by atoms with E-state index in [1.54, 1.807) is 5.57 Å². The van der Waals surface area contributed by atoms with E-state index in [9.17, 15) is 0 Å². The topological polar surface area (TPSA) is 12.9 Å². The van der Waals surface area contributed by atoms with Gasteiger partial charge >= 0.3 is 0 Å². The molecule has 0 saturated carbocycles. The van der Waals surface area contributed by atoms with Crippen molar-refractivity contribution in [3.05, 3.63) is 28.4 Å². The first kappa shape index (κ1) is 10.4. The molecule has 0 unspecified atom stereocenters. The Balaban J connectivity index is 0.000000404. The van der Waals surface area contributed by atoms with Crippen molar-refractivity contribution in [2.45, 2.75) is 46.5 Å². The lowest BCUT2D eigenvalue weighted by Crippen LogP contribution is -2.34. The van der Waals surface area contributed by atoms with Gasteiger partial charge in [-0.2, -0.15) is 0 Å². The maximum Gasteiger partial charge on any atom is 0.0693 e. The summed E-state index contributed by atoms with van der Waals surface area (Å²) >= 11 is 0. The van der Waals surface area contributed by atoms with Crippen LogP contribution in [-0.4, -0.2) is 4.98 Å². The Labute approximate surface area is 91.6 Å². The molecule has 0 aliphatic heterocycles. The van der Waals surface area contributed by atoms with Crippen LogP contribution in [0.3, 0.4) is 0 Å². The molecule has 1 aromatic heterocycles. The van der Waals surface area contributed by atoms with Crippen LogP contribution in [0.5, 0.6) is 0 Å². The lowest BCUT2D eigenvalue weighted by atomic mass is 9.98. The van der Waals surface area contributed by atoms with Crippen molar-refractivity contribution < 1.29 is 0 Å². The molecule has 2 aliphatic rings. The number of rotatable bonds is 0. The number of hydrogen-bond donors (Lipinski definition) is 0. The number of pyridine rings is 1. The molecule has 1 heteroatoms. The van der Waals surface area contributed by atoms with Gasteiger partial charge in [0.05, 0.1) is 5.35 Å². The summed E-state index contributed by atoms with van der Waals surface area (Å²) in [7, 11) is 0. The third-order valence-electron chi connectivity index (χ3n) is 3.29. The normalized spacial score (nSPS) is 17.0. The lowest BCUT2D eigenvalue weighted by Gasteiger charge is -2.08. The van der Waals surface area contributed by atoms with E-state index in [0.29, 0.717) is 0 Å². The van der Waals surface area contributed by atoms with Crippen LogP contribution in [0.1, 0.15) is 45.6 Å². The van der Waals surface area contributed by atoms with Gasteiger partial charge < -0.3 is 0 Å². The fraction of sp³-hybridized carbons (Fsp3) is 0.500. The van der Waals surface area contributed by atoms with Crippen LogP contribution >= 0.6 is 0 Å². The first-order valence-electron chi connectivity index (χ1n) is 6.02. The summed E-state index contributed by atoms with van der Waals surface area (Å²) in [5.74, 6) is 0. The smallest absolute Gasteiger partial charge is 0.0693 e. The molecular formula is C14H19N. The molecule has 0 aromatic carbocycles. The molecule has 15 heavy (non-hydrogen) atoms. The molecule has 1 heterocycles. The van der Waals surface area contributed by atoms with Crippen molar-refractivity contribution in [1.82, 2.24) is 4.98 Å². The summed E-state index contributed by atoms with van der Waals surface area (Å²) < 4.78 is 0. The standard InChI is InChI=1S/C12H13N.C2H6/c1-8-2-3-9-4-5-10-6-7-13-12(8)11(9)10;1-2/h6-7H,2-5H2,1H3;1-2H3. The van der Waals surface area contributed by atoms with Gasteiger partial charge in [-0.3, -0.25) is 4.98 Å². The summed E-state index contributed by atoms with van der Waals surface area (Å²) in [6.45, 7) is 6.22. The third kappa shape index (κ3) is 1.60. The summed E-state index contributed by atoms with van der Waals surface area (Å²) in [6, 6.07) is 2.18. The molecule has 0 spiro atoms. The second-order valence-electron chi connectivity index (χ2n) is 4.08. The van der Waals surface area contributed by atoms with Gasteiger partial charge in [0.15, 0.2) is 0 Å². The maximum atomic E-state index is 4.49. The average Bonchev–Trinajstić information content (AvgIpc) is 2.71. The molecule has 0 radical (unpaired) electrons. The van der Waals surface area contributed by atoms with E-state index in [1.807, 2.05) is 20.0 Å². The van der Waals surface area contributed by atoms with Gasteiger partial charge in [-0.1, -0.05) is 19.4 Å². The van der Waals surface area contributed by atoms with Crippen LogP contribution in [0.25, 0.3) is 11.1 Å². The van der Waals surface area contributed by atoms with E-state index in [1.165, 1.54) is 47.4 Å². The van der Waals surface area contributed by atoms with E-state index >= 15 is 0 Å². The molecule has 2 aliphatic carbocycles. The highest BCUT2D eigenvalue weighted by Gasteiger charge is 2.16. The molecule has 1 nitrogen and oxygen atoms in total. The molecule has 0 atom stereocenters. The van der Waals surface area contributed by atoms with Gasteiger partial charge in [-0.05, 0) is 49.8 Å². The van der Waals surface area contributed by atoms with Crippen LogP contribution in [0.4, 0.5) is 0 Å². The Bertz CT molecular complexity index is 483. The minimum Gasteiger partial charge on any atom is -0.256 e. The molecule has 80 valence electrons. The monoisotopic (exact) mass is 201 g/mol. The summed E-state index contributed by atoms with van der Waals surface area (Å²) in [5, 5.41) is 2.79. The minimum atomic E-state index is 1.22. The highest BCUT2D eigenvalue weighted by Crippen LogP contribution is 2.22. The predicted molar refractivity (Wildman–Crippen MR) is 64.9 cm³/mol. The highest BCUT2D eigenvalue weighted by molar-refractivity contribution is 5.59. The molecular weight excluding hydrogens is 182 g/mol.